The van der Waals surface area contributed by atoms with Crippen molar-refractivity contribution in [3.05, 3.63) is 35.9 Å². The van der Waals surface area contributed by atoms with Crippen LogP contribution in [0, 0.1) is 12.3 Å². The zero-order valence-corrected chi connectivity index (χ0v) is 19.2. The molecule has 2 aromatic heterocycles. The van der Waals surface area contributed by atoms with Crippen molar-refractivity contribution in [2.24, 2.45) is 5.41 Å². The summed E-state index contributed by atoms with van der Waals surface area (Å²) in [5, 5.41) is 3.90. The Balaban J connectivity index is 1.26. The van der Waals surface area contributed by atoms with Crippen molar-refractivity contribution in [2.45, 2.75) is 40.0 Å². The number of carbonyl (C=O) groups excluding carboxylic acids is 3. The van der Waals surface area contributed by atoms with E-state index in [-0.39, 0.29) is 23.1 Å². The first-order valence-corrected chi connectivity index (χ1v) is 11.1. The van der Waals surface area contributed by atoms with Crippen LogP contribution in [0.1, 0.15) is 38.1 Å². The van der Waals surface area contributed by atoms with Crippen LogP contribution in [0.5, 0.6) is 5.88 Å². The fourth-order valence-electron chi connectivity index (χ4n) is 4.14. The van der Waals surface area contributed by atoms with Crippen molar-refractivity contribution in [3.8, 4) is 5.88 Å². The van der Waals surface area contributed by atoms with Crippen LogP contribution in [0.15, 0.2) is 28.9 Å². The third-order valence-corrected chi connectivity index (χ3v) is 5.91. The predicted octanol–water partition coefficient (Wildman–Crippen LogP) is 2.42. The summed E-state index contributed by atoms with van der Waals surface area (Å²) < 4.78 is 10.6. The molecule has 0 N–H and O–H groups in total. The first kappa shape index (κ1) is 22.9. The van der Waals surface area contributed by atoms with Gasteiger partial charge in [-0.25, -0.2) is 14.7 Å². The topological polar surface area (TPSA) is 109 Å². The van der Waals surface area contributed by atoms with E-state index in [1.807, 2.05) is 26.8 Å². The standard InChI is InChI=1S/C23H29N5O5/c1-16-12-18(33-25-16)6-7-26-8-10-27(11-9-26)22(31)32-19-5-4-17(15-24-19)28-20(29)13-23(2,3)14-21(28)30/h4-5,12,15H,6-11,13-14H2,1-3H3. The molecule has 0 aromatic carbocycles. The molecule has 0 aliphatic carbocycles. The van der Waals surface area contributed by atoms with E-state index in [4.69, 9.17) is 9.26 Å². The Morgan fingerprint density at radius 1 is 1.12 bits per heavy atom. The number of imide groups is 1. The molecule has 0 unspecified atom stereocenters. The number of rotatable bonds is 5. The van der Waals surface area contributed by atoms with Gasteiger partial charge in [-0.05, 0) is 18.4 Å². The lowest BCUT2D eigenvalue weighted by Crippen LogP contribution is -2.50. The molecule has 0 saturated carbocycles. The predicted molar refractivity (Wildman–Crippen MR) is 119 cm³/mol. The van der Waals surface area contributed by atoms with Gasteiger partial charge < -0.3 is 14.2 Å². The minimum Gasteiger partial charge on any atom is -0.391 e. The first-order chi connectivity index (χ1) is 15.7. The third-order valence-electron chi connectivity index (χ3n) is 5.91. The number of ether oxygens (including phenoxy) is 1. The van der Waals surface area contributed by atoms with Crippen LogP contribution >= 0.6 is 0 Å². The molecular formula is C23H29N5O5. The van der Waals surface area contributed by atoms with Crippen molar-refractivity contribution < 1.29 is 23.6 Å². The minimum atomic E-state index is -0.465. The van der Waals surface area contributed by atoms with E-state index in [2.05, 4.69) is 15.0 Å². The summed E-state index contributed by atoms with van der Waals surface area (Å²) in [7, 11) is 0. The van der Waals surface area contributed by atoms with E-state index >= 15 is 0 Å². The average Bonchev–Trinajstić information content (AvgIpc) is 3.17. The molecule has 33 heavy (non-hydrogen) atoms. The summed E-state index contributed by atoms with van der Waals surface area (Å²) >= 11 is 0. The van der Waals surface area contributed by atoms with Gasteiger partial charge in [-0.3, -0.25) is 14.5 Å². The van der Waals surface area contributed by atoms with E-state index in [0.29, 0.717) is 31.6 Å². The number of nitrogens with zero attached hydrogens (tertiary/aromatic N) is 5. The highest BCUT2D eigenvalue weighted by Gasteiger charge is 2.38. The van der Waals surface area contributed by atoms with Crippen LogP contribution < -0.4 is 9.64 Å². The number of aromatic nitrogens is 2. The van der Waals surface area contributed by atoms with Crippen molar-refractivity contribution >= 4 is 23.6 Å². The second kappa shape index (κ2) is 9.30. The molecular weight excluding hydrogens is 426 g/mol. The number of piperazine rings is 1. The molecule has 4 rings (SSSR count). The Bertz CT molecular complexity index is 1000. The number of hydrogen-bond donors (Lipinski definition) is 0. The molecule has 0 bridgehead atoms. The van der Waals surface area contributed by atoms with Crippen molar-refractivity contribution in [3.63, 3.8) is 0 Å². The van der Waals surface area contributed by atoms with Crippen LogP contribution in [-0.2, 0) is 16.0 Å². The maximum Gasteiger partial charge on any atom is 0.416 e. The molecule has 2 aliphatic heterocycles. The number of amides is 3. The zero-order chi connectivity index (χ0) is 23.6. The average molecular weight is 456 g/mol. The molecule has 3 amide bonds. The zero-order valence-electron chi connectivity index (χ0n) is 19.2. The van der Waals surface area contributed by atoms with Crippen molar-refractivity contribution in [1.29, 1.82) is 0 Å². The molecule has 0 atom stereocenters. The van der Waals surface area contributed by atoms with Gasteiger partial charge in [0.1, 0.15) is 5.76 Å². The van der Waals surface area contributed by atoms with E-state index in [0.717, 1.165) is 42.4 Å². The molecule has 2 aliphatic rings. The molecule has 10 nitrogen and oxygen atoms in total. The normalized spacial score (nSPS) is 19.1. The summed E-state index contributed by atoms with van der Waals surface area (Å²) in [5.41, 5.74) is 0.917. The Kier molecular flexibility index (Phi) is 6.46. The van der Waals surface area contributed by atoms with Gasteiger partial charge in [0, 0.05) is 64.1 Å². The Labute approximate surface area is 192 Å². The molecule has 0 radical (unpaired) electrons. The summed E-state index contributed by atoms with van der Waals surface area (Å²) in [6, 6.07) is 5.01. The van der Waals surface area contributed by atoms with Gasteiger partial charge in [0.15, 0.2) is 0 Å². The van der Waals surface area contributed by atoms with Gasteiger partial charge in [0.2, 0.25) is 17.7 Å². The third kappa shape index (κ3) is 5.57. The van der Waals surface area contributed by atoms with Crippen LogP contribution in [0.4, 0.5) is 10.5 Å². The van der Waals surface area contributed by atoms with Gasteiger partial charge in [-0.2, -0.15) is 0 Å². The van der Waals surface area contributed by atoms with E-state index in [9.17, 15) is 14.4 Å². The minimum absolute atomic E-state index is 0.129. The molecule has 2 saturated heterocycles. The van der Waals surface area contributed by atoms with Crippen molar-refractivity contribution in [1.82, 2.24) is 19.9 Å². The summed E-state index contributed by atoms with van der Waals surface area (Å²) in [6.07, 6.45) is 2.28. The van der Waals surface area contributed by atoms with Crippen LogP contribution in [0.3, 0.4) is 0 Å². The smallest absolute Gasteiger partial charge is 0.391 e. The maximum atomic E-state index is 12.5. The highest BCUT2D eigenvalue weighted by Crippen LogP contribution is 2.34. The summed E-state index contributed by atoms with van der Waals surface area (Å²) in [5.74, 6) is 0.489. The Morgan fingerprint density at radius 3 is 2.39 bits per heavy atom. The van der Waals surface area contributed by atoms with E-state index < -0.39 is 6.09 Å². The van der Waals surface area contributed by atoms with Crippen LogP contribution in [-0.4, -0.2) is 70.6 Å². The highest BCUT2D eigenvalue weighted by atomic mass is 16.6. The molecule has 2 fully saturated rings. The largest absolute Gasteiger partial charge is 0.416 e. The SMILES string of the molecule is Cc1cc(CCN2CCN(C(=O)Oc3ccc(N4C(=O)CC(C)(C)CC4=O)cn3)CC2)on1. The fourth-order valence-corrected chi connectivity index (χ4v) is 4.14. The Morgan fingerprint density at radius 2 is 1.82 bits per heavy atom. The number of hydrogen-bond acceptors (Lipinski definition) is 8. The van der Waals surface area contributed by atoms with Gasteiger partial charge in [0.25, 0.3) is 0 Å². The number of carbonyl (C=O) groups is 3. The molecule has 10 heteroatoms. The number of aryl methyl sites for hydroxylation is 1. The maximum absolute atomic E-state index is 12.5. The second-order valence-corrected chi connectivity index (χ2v) is 9.38. The number of pyridine rings is 1. The highest BCUT2D eigenvalue weighted by molar-refractivity contribution is 6.16. The number of piperidine rings is 1. The lowest BCUT2D eigenvalue weighted by atomic mass is 9.81. The lowest BCUT2D eigenvalue weighted by Gasteiger charge is -2.34. The second-order valence-electron chi connectivity index (χ2n) is 9.38. The fraction of sp³-hybridized carbons (Fsp3) is 0.522. The molecule has 4 heterocycles. The molecule has 2 aromatic rings. The van der Waals surface area contributed by atoms with Gasteiger partial charge in [0.05, 0.1) is 17.6 Å². The van der Waals surface area contributed by atoms with E-state index in [1.54, 1.807) is 11.0 Å². The molecule has 0 spiro atoms. The van der Waals surface area contributed by atoms with Gasteiger partial charge in [-0.1, -0.05) is 19.0 Å². The van der Waals surface area contributed by atoms with E-state index in [1.165, 1.54) is 12.3 Å². The van der Waals surface area contributed by atoms with Crippen LogP contribution in [0.2, 0.25) is 0 Å². The van der Waals surface area contributed by atoms with Crippen LogP contribution in [0.25, 0.3) is 0 Å². The lowest BCUT2D eigenvalue weighted by molar-refractivity contribution is -0.132. The van der Waals surface area contributed by atoms with Gasteiger partial charge in [-0.15, -0.1) is 0 Å². The van der Waals surface area contributed by atoms with Gasteiger partial charge >= 0.3 is 6.09 Å². The first-order valence-electron chi connectivity index (χ1n) is 11.1. The van der Waals surface area contributed by atoms with Crippen molar-refractivity contribution in [2.75, 3.05) is 37.6 Å². The quantitative estimate of drug-likeness (QED) is 0.633. The number of anilines is 1. The summed E-state index contributed by atoms with van der Waals surface area (Å²) in [4.78, 5) is 46.6. The molecule has 176 valence electrons. The Hall–Kier alpha value is -3.27. The monoisotopic (exact) mass is 455 g/mol. The summed E-state index contributed by atoms with van der Waals surface area (Å²) in [6.45, 7) is 9.13.